The van der Waals surface area contributed by atoms with Crippen molar-refractivity contribution in [2.24, 2.45) is 11.7 Å². The Bertz CT molecular complexity index is 578. The smallest absolute Gasteiger partial charge is 0.250 e. The molecule has 1 aromatic rings. The topological polar surface area (TPSA) is 84.7 Å². The molecule has 126 valence electrons. The molecule has 0 unspecified atom stereocenters. The second-order valence-electron chi connectivity index (χ2n) is 6.14. The summed E-state index contributed by atoms with van der Waals surface area (Å²) in [6.45, 7) is 6.14. The first-order valence-corrected chi connectivity index (χ1v) is 7.95. The summed E-state index contributed by atoms with van der Waals surface area (Å²) in [5, 5.41) is 2.84. The number of piperidine rings is 1. The van der Waals surface area contributed by atoms with E-state index in [0.717, 1.165) is 25.9 Å². The number of hydrogen-bond acceptors (Lipinski definition) is 4. The van der Waals surface area contributed by atoms with E-state index in [1.165, 1.54) is 7.11 Å². The lowest BCUT2D eigenvalue weighted by atomic mass is 9.95. The van der Waals surface area contributed by atoms with Gasteiger partial charge in [-0.05, 0) is 51.9 Å². The molecular weight excluding hydrogens is 294 g/mol. The molecule has 2 rings (SSSR count). The minimum Gasteiger partial charge on any atom is -0.495 e. The number of ether oxygens (including phenoxy) is 1. The third kappa shape index (κ3) is 4.01. The van der Waals surface area contributed by atoms with Crippen molar-refractivity contribution in [3.63, 3.8) is 0 Å². The number of rotatable bonds is 5. The fraction of sp³-hybridized carbons (Fsp3) is 0.529. The summed E-state index contributed by atoms with van der Waals surface area (Å²) in [6, 6.07) is 5.45. The van der Waals surface area contributed by atoms with Gasteiger partial charge >= 0.3 is 0 Å². The molecule has 1 aliphatic rings. The van der Waals surface area contributed by atoms with Crippen molar-refractivity contribution >= 4 is 17.5 Å². The van der Waals surface area contributed by atoms with E-state index < -0.39 is 5.91 Å². The van der Waals surface area contributed by atoms with E-state index in [2.05, 4.69) is 24.1 Å². The van der Waals surface area contributed by atoms with Gasteiger partial charge in [0.25, 0.3) is 5.91 Å². The highest BCUT2D eigenvalue weighted by Crippen LogP contribution is 2.30. The first-order chi connectivity index (χ1) is 10.9. The van der Waals surface area contributed by atoms with Gasteiger partial charge in [-0.15, -0.1) is 0 Å². The molecule has 0 spiro atoms. The summed E-state index contributed by atoms with van der Waals surface area (Å²) >= 11 is 0. The Hall–Kier alpha value is -2.08. The van der Waals surface area contributed by atoms with Crippen LogP contribution in [0, 0.1) is 5.92 Å². The van der Waals surface area contributed by atoms with Gasteiger partial charge in [0, 0.05) is 12.0 Å². The van der Waals surface area contributed by atoms with Crippen molar-refractivity contribution in [3.05, 3.63) is 23.8 Å². The van der Waals surface area contributed by atoms with E-state index >= 15 is 0 Å². The fourth-order valence-electron chi connectivity index (χ4n) is 2.94. The van der Waals surface area contributed by atoms with Gasteiger partial charge in [-0.25, -0.2) is 0 Å². The van der Waals surface area contributed by atoms with Gasteiger partial charge in [0.1, 0.15) is 5.75 Å². The monoisotopic (exact) mass is 319 g/mol. The van der Waals surface area contributed by atoms with Crippen LogP contribution in [0.5, 0.6) is 5.75 Å². The lowest BCUT2D eigenvalue weighted by Crippen LogP contribution is -2.41. The molecule has 0 aromatic heterocycles. The average molecular weight is 319 g/mol. The van der Waals surface area contributed by atoms with Crippen LogP contribution in [-0.2, 0) is 4.79 Å². The van der Waals surface area contributed by atoms with Crippen molar-refractivity contribution in [2.75, 3.05) is 25.5 Å². The van der Waals surface area contributed by atoms with Crippen LogP contribution in [-0.4, -0.2) is 43.0 Å². The van der Waals surface area contributed by atoms with Crippen LogP contribution in [0.4, 0.5) is 5.69 Å². The maximum atomic E-state index is 12.5. The molecule has 3 N–H and O–H groups in total. The van der Waals surface area contributed by atoms with Crippen LogP contribution < -0.4 is 15.8 Å². The van der Waals surface area contributed by atoms with Crippen LogP contribution in [0.25, 0.3) is 0 Å². The van der Waals surface area contributed by atoms with Crippen LogP contribution >= 0.6 is 0 Å². The molecule has 0 bridgehead atoms. The molecule has 2 amide bonds. The number of primary amides is 1. The fourth-order valence-corrected chi connectivity index (χ4v) is 2.94. The zero-order valence-corrected chi connectivity index (χ0v) is 14.0. The summed E-state index contributed by atoms with van der Waals surface area (Å²) in [7, 11) is 1.50. The lowest BCUT2D eigenvalue weighted by molar-refractivity contribution is -0.121. The predicted molar refractivity (Wildman–Crippen MR) is 89.6 cm³/mol. The Balaban J connectivity index is 2.10. The molecule has 1 saturated heterocycles. The van der Waals surface area contributed by atoms with Gasteiger partial charge in [-0.3, -0.25) is 9.59 Å². The minimum atomic E-state index is -0.589. The Labute approximate surface area is 137 Å². The van der Waals surface area contributed by atoms with Crippen LogP contribution in [0.3, 0.4) is 0 Å². The Kier molecular flexibility index (Phi) is 5.60. The number of amides is 2. The third-order valence-corrected chi connectivity index (χ3v) is 4.39. The molecule has 0 atom stereocenters. The summed E-state index contributed by atoms with van der Waals surface area (Å²) in [5.41, 5.74) is 6.01. The SMILES string of the molecule is COc1cccc(C(N)=O)c1NC(=O)C1CCN(C(C)C)CC1. The van der Waals surface area contributed by atoms with Gasteiger partial charge in [0.05, 0.1) is 18.4 Å². The average Bonchev–Trinajstić information content (AvgIpc) is 2.54. The van der Waals surface area contributed by atoms with E-state index in [1.807, 2.05) is 0 Å². The molecule has 0 radical (unpaired) electrons. The molecular formula is C17H25N3O3. The normalized spacial score (nSPS) is 16.3. The molecule has 6 nitrogen and oxygen atoms in total. The molecule has 0 saturated carbocycles. The minimum absolute atomic E-state index is 0.0596. The molecule has 1 heterocycles. The number of carbonyl (C=O) groups is 2. The summed E-state index contributed by atoms with van der Waals surface area (Å²) in [5.74, 6) is -0.292. The number of anilines is 1. The van der Waals surface area contributed by atoms with E-state index in [-0.39, 0.29) is 17.4 Å². The number of hydrogen-bond donors (Lipinski definition) is 2. The number of likely N-dealkylation sites (tertiary alicyclic amines) is 1. The number of benzene rings is 1. The Morgan fingerprint density at radius 2 is 1.96 bits per heavy atom. The molecule has 6 heteroatoms. The second kappa shape index (κ2) is 7.46. The third-order valence-electron chi connectivity index (χ3n) is 4.39. The van der Waals surface area contributed by atoms with Crippen molar-refractivity contribution < 1.29 is 14.3 Å². The van der Waals surface area contributed by atoms with Crippen LogP contribution in [0.15, 0.2) is 18.2 Å². The summed E-state index contributed by atoms with van der Waals surface area (Å²) < 4.78 is 5.24. The van der Waals surface area contributed by atoms with Gasteiger partial charge in [0.15, 0.2) is 0 Å². The highest BCUT2D eigenvalue weighted by atomic mass is 16.5. The highest BCUT2D eigenvalue weighted by Gasteiger charge is 2.27. The van der Waals surface area contributed by atoms with Gasteiger partial charge in [0.2, 0.25) is 5.91 Å². The van der Waals surface area contributed by atoms with Gasteiger partial charge < -0.3 is 20.7 Å². The van der Waals surface area contributed by atoms with Crippen molar-refractivity contribution in [1.82, 2.24) is 4.90 Å². The Morgan fingerprint density at radius 3 is 2.48 bits per heavy atom. The predicted octanol–water partition coefficient (Wildman–Crippen LogP) is 1.85. The van der Waals surface area contributed by atoms with Gasteiger partial charge in [-0.1, -0.05) is 6.07 Å². The summed E-state index contributed by atoms with van der Waals surface area (Å²) in [4.78, 5) is 26.5. The number of carbonyl (C=O) groups excluding carboxylic acids is 2. The second-order valence-corrected chi connectivity index (χ2v) is 6.14. The van der Waals surface area contributed by atoms with Crippen molar-refractivity contribution in [3.8, 4) is 5.75 Å². The first-order valence-electron chi connectivity index (χ1n) is 7.95. The molecule has 0 aliphatic carbocycles. The standard InChI is InChI=1S/C17H25N3O3/c1-11(2)20-9-7-12(8-10-20)17(22)19-15-13(16(18)21)5-4-6-14(15)23-3/h4-6,11-12H,7-10H2,1-3H3,(H2,18,21)(H,19,22). The van der Waals surface area contributed by atoms with Crippen LogP contribution in [0.1, 0.15) is 37.0 Å². The van der Waals surface area contributed by atoms with Crippen molar-refractivity contribution in [2.45, 2.75) is 32.7 Å². The Morgan fingerprint density at radius 1 is 1.30 bits per heavy atom. The molecule has 1 aromatic carbocycles. The zero-order chi connectivity index (χ0) is 17.0. The van der Waals surface area contributed by atoms with E-state index in [0.29, 0.717) is 17.5 Å². The van der Waals surface area contributed by atoms with E-state index in [4.69, 9.17) is 10.5 Å². The molecule has 1 aliphatic heterocycles. The maximum absolute atomic E-state index is 12.5. The van der Waals surface area contributed by atoms with E-state index in [1.54, 1.807) is 18.2 Å². The number of methoxy groups -OCH3 is 1. The molecule has 1 fully saturated rings. The number of nitrogens with two attached hydrogens (primary N) is 1. The summed E-state index contributed by atoms with van der Waals surface area (Å²) in [6.07, 6.45) is 1.62. The number of nitrogens with one attached hydrogen (secondary N) is 1. The zero-order valence-electron chi connectivity index (χ0n) is 14.0. The number of nitrogens with zero attached hydrogens (tertiary/aromatic N) is 1. The number of para-hydroxylation sites is 1. The molecule has 23 heavy (non-hydrogen) atoms. The maximum Gasteiger partial charge on any atom is 0.250 e. The van der Waals surface area contributed by atoms with Crippen molar-refractivity contribution in [1.29, 1.82) is 0 Å². The quantitative estimate of drug-likeness (QED) is 0.867. The highest BCUT2D eigenvalue weighted by molar-refractivity contribution is 6.05. The largest absolute Gasteiger partial charge is 0.495 e. The van der Waals surface area contributed by atoms with Gasteiger partial charge in [-0.2, -0.15) is 0 Å². The first kappa shape index (κ1) is 17.3. The van der Waals surface area contributed by atoms with E-state index in [9.17, 15) is 9.59 Å². The lowest BCUT2D eigenvalue weighted by Gasteiger charge is -2.34. The van der Waals surface area contributed by atoms with Crippen LogP contribution in [0.2, 0.25) is 0 Å².